The van der Waals surface area contributed by atoms with Crippen molar-refractivity contribution in [2.75, 3.05) is 13.1 Å². The summed E-state index contributed by atoms with van der Waals surface area (Å²) in [5, 5.41) is 2.86. The van der Waals surface area contributed by atoms with Crippen LogP contribution in [0.25, 0.3) is 0 Å². The van der Waals surface area contributed by atoms with Crippen LogP contribution in [0.1, 0.15) is 60.4 Å². The molecule has 0 saturated carbocycles. The number of hydrogen-bond donors (Lipinski definition) is 1. The molecule has 160 valence electrons. The summed E-state index contributed by atoms with van der Waals surface area (Å²) in [5.41, 5.74) is 3.27. The van der Waals surface area contributed by atoms with Gasteiger partial charge in [0.05, 0.1) is 6.42 Å². The maximum absolute atomic E-state index is 13.0. The van der Waals surface area contributed by atoms with Crippen LogP contribution in [-0.2, 0) is 22.6 Å². The van der Waals surface area contributed by atoms with Crippen LogP contribution in [0.2, 0.25) is 0 Å². The van der Waals surface area contributed by atoms with E-state index in [4.69, 9.17) is 0 Å². The van der Waals surface area contributed by atoms with Gasteiger partial charge in [0.15, 0.2) is 0 Å². The number of nitrogens with zero attached hydrogens (tertiary/aromatic N) is 3. The second-order valence-corrected chi connectivity index (χ2v) is 7.84. The first-order valence-electron chi connectivity index (χ1n) is 10.5. The molecular weight excluding hydrogens is 383 g/mol. The molecule has 1 atom stereocenters. The Morgan fingerprint density at radius 2 is 1.83 bits per heavy atom. The number of rotatable bonds is 6. The molecule has 3 rings (SSSR count). The molecule has 30 heavy (non-hydrogen) atoms. The van der Waals surface area contributed by atoms with Crippen LogP contribution in [0, 0.1) is 19.7 Å². The first-order chi connectivity index (χ1) is 14.4. The van der Waals surface area contributed by atoms with Crippen molar-refractivity contribution in [3.8, 4) is 0 Å². The van der Waals surface area contributed by atoms with E-state index in [1.54, 1.807) is 12.1 Å². The summed E-state index contributed by atoms with van der Waals surface area (Å²) in [6, 6.07) is 6.06. The van der Waals surface area contributed by atoms with Crippen molar-refractivity contribution in [2.45, 2.75) is 58.9 Å². The molecule has 2 heterocycles. The maximum Gasteiger partial charge on any atom is 0.224 e. The molecule has 1 aliphatic rings. The lowest BCUT2D eigenvalue weighted by Crippen LogP contribution is -2.39. The number of nitrogens with one attached hydrogen (secondary N) is 1. The molecule has 2 aromatic rings. The SMILES string of the molecule is CCC(=O)N1CCCC(c2nc(C)c(CC(=O)NCc3ccc(F)cc3)c(C)n2)C1. The van der Waals surface area contributed by atoms with Crippen LogP contribution < -0.4 is 5.32 Å². The van der Waals surface area contributed by atoms with Gasteiger partial charge >= 0.3 is 0 Å². The predicted molar refractivity (Wildman–Crippen MR) is 112 cm³/mol. The number of carbonyl (C=O) groups excluding carboxylic acids is 2. The van der Waals surface area contributed by atoms with E-state index in [1.807, 2.05) is 25.7 Å². The summed E-state index contributed by atoms with van der Waals surface area (Å²) in [4.78, 5) is 35.7. The van der Waals surface area contributed by atoms with Crippen molar-refractivity contribution in [1.29, 1.82) is 0 Å². The van der Waals surface area contributed by atoms with Gasteiger partial charge in [-0.1, -0.05) is 19.1 Å². The van der Waals surface area contributed by atoms with E-state index < -0.39 is 0 Å². The van der Waals surface area contributed by atoms with Crippen molar-refractivity contribution >= 4 is 11.8 Å². The van der Waals surface area contributed by atoms with Gasteiger partial charge < -0.3 is 10.2 Å². The van der Waals surface area contributed by atoms with Crippen molar-refractivity contribution < 1.29 is 14.0 Å². The van der Waals surface area contributed by atoms with E-state index in [0.717, 1.165) is 47.7 Å². The molecule has 1 aliphatic heterocycles. The van der Waals surface area contributed by atoms with E-state index in [0.29, 0.717) is 19.5 Å². The minimum absolute atomic E-state index is 0.126. The average molecular weight is 413 g/mol. The largest absolute Gasteiger partial charge is 0.352 e. The minimum Gasteiger partial charge on any atom is -0.352 e. The molecule has 1 aromatic carbocycles. The zero-order valence-corrected chi connectivity index (χ0v) is 17.9. The van der Waals surface area contributed by atoms with Crippen LogP contribution in [0.3, 0.4) is 0 Å². The third-order valence-corrected chi connectivity index (χ3v) is 5.62. The molecular formula is C23H29FN4O2. The number of aromatic nitrogens is 2. The van der Waals surface area contributed by atoms with Crippen molar-refractivity contribution in [3.05, 3.63) is 58.4 Å². The van der Waals surface area contributed by atoms with Crippen molar-refractivity contribution in [1.82, 2.24) is 20.2 Å². The number of hydrogen-bond acceptors (Lipinski definition) is 4. The molecule has 0 radical (unpaired) electrons. The van der Waals surface area contributed by atoms with Gasteiger partial charge in [-0.25, -0.2) is 14.4 Å². The Hall–Kier alpha value is -2.83. The number of halogens is 1. The van der Waals surface area contributed by atoms with Gasteiger partial charge in [0, 0.05) is 48.9 Å². The van der Waals surface area contributed by atoms with Crippen LogP contribution >= 0.6 is 0 Å². The van der Waals surface area contributed by atoms with Gasteiger partial charge in [0.1, 0.15) is 11.6 Å². The zero-order chi connectivity index (χ0) is 21.7. The number of piperidine rings is 1. The van der Waals surface area contributed by atoms with Crippen LogP contribution in [0.4, 0.5) is 4.39 Å². The summed E-state index contributed by atoms with van der Waals surface area (Å²) in [6.45, 7) is 7.49. The van der Waals surface area contributed by atoms with Gasteiger partial charge in [0.2, 0.25) is 11.8 Å². The number of benzene rings is 1. The highest BCUT2D eigenvalue weighted by Gasteiger charge is 2.26. The van der Waals surface area contributed by atoms with E-state index >= 15 is 0 Å². The fraction of sp³-hybridized carbons (Fsp3) is 0.478. The summed E-state index contributed by atoms with van der Waals surface area (Å²) < 4.78 is 13.0. The maximum atomic E-state index is 13.0. The molecule has 0 aliphatic carbocycles. The Morgan fingerprint density at radius 1 is 1.17 bits per heavy atom. The van der Waals surface area contributed by atoms with Gasteiger partial charge in [-0.3, -0.25) is 9.59 Å². The highest BCUT2D eigenvalue weighted by atomic mass is 19.1. The van der Waals surface area contributed by atoms with Gasteiger partial charge in [-0.05, 0) is 44.4 Å². The third kappa shape index (κ3) is 5.40. The molecule has 1 N–H and O–H groups in total. The topological polar surface area (TPSA) is 75.2 Å². The number of amides is 2. The third-order valence-electron chi connectivity index (χ3n) is 5.62. The average Bonchev–Trinajstić information content (AvgIpc) is 2.75. The Balaban J connectivity index is 1.64. The first kappa shape index (κ1) is 21.9. The molecule has 1 saturated heterocycles. The Morgan fingerprint density at radius 3 is 2.47 bits per heavy atom. The highest BCUT2D eigenvalue weighted by Crippen LogP contribution is 2.26. The molecule has 7 heteroatoms. The second-order valence-electron chi connectivity index (χ2n) is 7.84. The summed E-state index contributed by atoms with van der Waals surface area (Å²) >= 11 is 0. The number of likely N-dealkylation sites (tertiary alicyclic amines) is 1. The number of carbonyl (C=O) groups is 2. The minimum atomic E-state index is -0.297. The van der Waals surface area contributed by atoms with Crippen LogP contribution in [-0.4, -0.2) is 39.8 Å². The first-order valence-corrected chi connectivity index (χ1v) is 10.5. The standard InChI is InChI=1S/C23H29FN4O2/c1-4-22(30)28-11-5-6-18(14-28)23-26-15(2)20(16(3)27-23)12-21(29)25-13-17-7-9-19(24)10-8-17/h7-10,18H,4-6,11-14H2,1-3H3,(H,25,29). The van der Waals surface area contributed by atoms with Crippen LogP contribution in [0.15, 0.2) is 24.3 Å². The molecule has 2 amide bonds. The van der Waals surface area contributed by atoms with Gasteiger partial charge in [-0.15, -0.1) is 0 Å². The fourth-order valence-corrected chi connectivity index (χ4v) is 3.87. The van der Waals surface area contributed by atoms with Gasteiger partial charge in [0.25, 0.3) is 0 Å². The summed E-state index contributed by atoms with van der Waals surface area (Å²) in [5.74, 6) is 0.637. The van der Waals surface area contributed by atoms with Gasteiger partial charge in [-0.2, -0.15) is 0 Å². The van der Waals surface area contributed by atoms with Crippen molar-refractivity contribution in [3.63, 3.8) is 0 Å². The van der Waals surface area contributed by atoms with Crippen molar-refractivity contribution in [2.24, 2.45) is 0 Å². The lowest BCUT2D eigenvalue weighted by atomic mass is 9.96. The monoisotopic (exact) mass is 412 g/mol. The Bertz CT molecular complexity index is 891. The van der Waals surface area contributed by atoms with E-state index in [2.05, 4.69) is 15.3 Å². The smallest absolute Gasteiger partial charge is 0.224 e. The highest BCUT2D eigenvalue weighted by molar-refractivity contribution is 5.79. The normalized spacial score (nSPS) is 16.4. The molecule has 1 aromatic heterocycles. The molecule has 0 bridgehead atoms. The van der Waals surface area contributed by atoms with E-state index in [-0.39, 0.29) is 30.0 Å². The molecule has 6 nitrogen and oxygen atoms in total. The Kier molecular flexibility index (Phi) is 7.13. The van der Waals surface area contributed by atoms with Crippen LogP contribution in [0.5, 0.6) is 0 Å². The van der Waals surface area contributed by atoms with E-state index in [9.17, 15) is 14.0 Å². The lowest BCUT2D eigenvalue weighted by molar-refractivity contribution is -0.132. The lowest BCUT2D eigenvalue weighted by Gasteiger charge is -2.32. The van der Waals surface area contributed by atoms with E-state index in [1.165, 1.54) is 12.1 Å². The molecule has 0 spiro atoms. The summed E-state index contributed by atoms with van der Waals surface area (Å²) in [6.07, 6.45) is 2.62. The fourth-order valence-electron chi connectivity index (χ4n) is 3.87. The number of aryl methyl sites for hydroxylation is 2. The quantitative estimate of drug-likeness (QED) is 0.791. The zero-order valence-electron chi connectivity index (χ0n) is 17.9. The predicted octanol–water partition coefficient (Wildman–Crippen LogP) is 3.21. The molecule has 1 fully saturated rings. The summed E-state index contributed by atoms with van der Waals surface area (Å²) in [7, 11) is 0. The Labute approximate surface area is 176 Å². The molecule has 1 unspecified atom stereocenters. The second kappa shape index (κ2) is 9.78.